The summed E-state index contributed by atoms with van der Waals surface area (Å²) in [5.74, 6) is 3.07. The Balaban J connectivity index is 1.45. The Morgan fingerprint density at radius 1 is 0.895 bits per heavy atom. The van der Waals surface area contributed by atoms with Crippen LogP contribution in [0.2, 0.25) is 0 Å². The summed E-state index contributed by atoms with van der Waals surface area (Å²) in [6, 6.07) is 21.8. The number of ether oxygens (including phenoxy) is 3. The lowest BCUT2D eigenvalue weighted by atomic mass is 9.91. The summed E-state index contributed by atoms with van der Waals surface area (Å²) in [5, 5.41) is 3.76. The second-order valence-corrected chi connectivity index (χ2v) is 10.5. The van der Waals surface area contributed by atoms with Crippen molar-refractivity contribution in [1.82, 2.24) is 15.1 Å². The normalized spacial score (nSPS) is 16.2. The van der Waals surface area contributed by atoms with Gasteiger partial charge in [0, 0.05) is 62.5 Å². The summed E-state index contributed by atoms with van der Waals surface area (Å²) in [6.45, 7) is 10.1. The molecule has 0 spiro atoms. The van der Waals surface area contributed by atoms with Gasteiger partial charge in [-0.2, -0.15) is 0 Å². The molecule has 1 fully saturated rings. The van der Waals surface area contributed by atoms with Gasteiger partial charge in [0.15, 0.2) is 0 Å². The third kappa shape index (κ3) is 6.87. The molecule has 0 aromatic heterocycles. The van der Waals surface area contributed by atoms with Crippen molar-refractivity contribution in [2.24, 2.45) is 0 Å². The molecule has 0 unspecified atom stereocenters. The first-order valence-electron chi connectivity index (χ1n) is 13.5. The zero-order valence-corrected chi connectivity index (χ0v) is 23.8. The molecule has 0 bridgehead atoms. The highest BCUT2D eigenvalue weighted by Gasteiger charge is 2.23. The molecule has 1 N–H and O–H groups in total. The lowest BCUT2D eigenvalue weighted by molar-refractivity contribution is 0.192. The molecule has 1 atom stereocenters. The average Bonchev–Trinajstić information content (AvgIpc) is 2.93. The summed E-state index contributed by atoms with van der Waals surface area (Å²) in [4.78, 5) is 4.85. The Morgan fingerprint density at radius 3 is 2.39 bits per heavy atom. The van der Waals surface area contributed by atoms with Gasteiger partial charge in [-0.3, -0.25) is 9.80 Å². The molecule has 204 valence electrons. The van der Waals surface area contributed by atoms with E-state index in [0.29, 0.717) is 12.0 Å². The van der Waals surface area contributed by atoms with Crippen LogP contribution in [-0.2, 0) is 19.6 Å². The first kappa shape index (κ1) is 28.0. The van der Waals surface area contributed by atoms with Crippen LogP contribution in [0, 0.1) is 0 Å². The van der Waals surface area contributed by atoms with Gasteiger partial charge in [-0.15, -0.1) is 0 Å². The minimum absolute atomic E-state index is 0.352. The highest BCUT2D eigenvalue weighted by Crippen LogP contribution is 2.29. The minimum Gasteiger partial charge on any atom is -0.497 e. The van der Waals surface area contributed by atoms with E-state index in [1.807, 2.05) is 12.1 Å². The molecular weight excluding hydrogens is 474 g/mol. The minimum atomic E-state index is 0.352. The van der Waals surface area contributed by atoms with Crippen molar-refractivity contribution in [2.45, 2.75) is 45.4 Å². The van der Waals surface area contributed by atoms with E-state index >= 15 is 0 Å². The second kappa shape index (κ2) is 13.1. The van der Waals surface area contributed by atoms with E-state index in [0.717, 1.165) is 62.1 Å². The standard InChI is InChI=1S/C32H43N3O3/c1-23(2)28-9-7-8-10-29(28)30-22-35(16-15-33-30)19-24-11-14-31(37-5)26(17-24)21-34(3)20-25-12-13-27(36-4)18-32(25)38-6/h7-14,17-18,23,30,33H,15-16,19-22H2,1-6H3/t30-/m0/s1. The quantitative estimate of drug-likeness (QED) is 0.357. The second-order valence-electron chi connectivity index (χ2n) is 10.5. The molecule has 0 amide bonds. The first-order valence-corrected chi connectivity index (χ1v) is 13.5. The van der Waals surface area contributed by atoms with Gasteiger partial charge >= 0.3 is 0 Å². The molecule has 1 heterocycles. The van der Waals surface area contributed by atoms with Crippen molar-refractivity contribution in [3.63, 3.8) is 0 Å². The number of piperazine rings is 1. The first-order chi connectivity index (χ1) is 18.4. The van der Waals surface area contributed by atoms with Crippen LogP contribution in [0.15, 0.2) is 60.7 Å². The van der Waals surface area contributed by atoms with E-state index in [1.54, 1.807) is 21.3 Å². The maximum Gasteiger partial charge on any atom is 0.127 e. The molecule has 3 aromatic rings. The molecule has 38 heavy (non-hydrogen) atoms. The Kier molecular flexibility index (Phi) is 9.67. The van der Waals surface area contributed by atoms with Crippen LogP contribution in [0.25, 0.3) is 0 Å². The molecule has 4 rings (SSSR count). The third-order valence-electron chi connectivity index (χ3n) is 7.38. The van der Waals surface area contributed by atoms with E-state index in [2.05, 4.69) is 84.5 Å². The van der Waals surface area contributed by atoms with E-state index in [9.17, 15) is 0 Å². The van der Waals surface area contributed by atoms with Crippen molar-refractivity contribution in [3.8, 4) is 17.2 Å². The summed E-state index contributed by atoms with van der Waals surface area (Å²) < 4.78 is 16.7. The number of nitrogens with zero attached hydrogens (tertiary/aromatic N) is 2. The molecule has 1 aliphatic heterocycles. The predicted molar refractivity (Wildman–Crippen MR) is 154 cm³/mol. The van der Waals surface area contributed by atoms with Gasteiger partial charge in [0.1, 0.15) is 17.2 Å². The number of nitrogens with one attached hydrogen (secondary N) is 1. The fourth-order valence-electron chi connectivity index (χ4n) is 5.45. The Bertz CT molecular complexity index is 1200. The van der Waals surface area contributed by atoms with Crippen molar-refractivity contribution in [1.29, 1.82) is 0 Å². The van der Waals surface area contributed by atoms with Crippen LogP contribution in [0.1, 0.15) is 53.6 Å². The average molecular weight is 518 g/mol. The zero-order valence-electron chi connectivity index (χ0n) is 23.8. The van der Waals surface area contributed by atoms with Gasteiger partial charge in [-0.1, -0.05) is 50.2 Å². The number of benzene rings is 3. The van der Waals surface area contributed by atoms with Gasteiger partial charge in [-0.05, 0) is 47.9 Å². The van der Waals surface area contributed by atoms with Gasteiger partial charge in [0.25, 0.3) is 0 Å². The molecule has 6 heteroatoms. The highest BCUT2D eigenvalue weighted by atomic mass is 16.5. The predicted octanol–water partition coefficient (Wildman–Crippen LogP) is 5.61. The maximum atomic E-state index is 5.74. The van der Waals surface area contributed by atoms with Crippen LogP contribution in [0.4, 0.5) is 0 Å². The molecule has 6 nitrogen and oxygen atoms in total. The van der Waals surface area contributed by atoms with E-state index < -0.39 is 0 Å². The van der Waals surface area contributed by atoms with Gasteiger partial charge in [0.2, 0.25) is 0 Å². The fourth-order valence-corrected chi connectivity index (χ4v) is 5.45. The van der Waals surface area contributed by atoms with Crippen LogP contribution in [-0.4, -0.2) is 57.8 Å². The van der Waals surface area contributed by atoms with Crippen molar-refractivity contribution >= 4 is 0 Å². The molecule has 1 aliphatic rings. The van der Waals surface area contributed by atoms with E-state index in [-0.39, 0.29) is 0 Å². The lowest BCUT2D eigenvalue weighted by Crippen LogP contribution is -2.45. The molecule has 1 saturated heterocycles. The summed E-state index contributed by atoms with van der Waals surface area (Å²) >= 11 is 0. The Hall–Kier alpha value is -3.06. The van der Waals surface area contributed by atoms with Crippen LogP contribution < -0.4 is 19.5 Å². The van der Waals surface area contributed by atoms with Gasteiger partial charge in [0.05, 0.1) is 21.3 Å². The fraction of sp³-hybridized carbons (Fsp3) is 0.438. The van der Waals surface area contributed by atoms with E-state index in [1.165, 1.54) is 22.3 Å². The Morgan fingerprint density at radius 2 is 1.66 bits per heavy atom. The van der Waals surface area contributed by atoms with Crippen molar-refractivity contribution in [2.75, 3.05) is 48.0 Å². The van der Waals surface area contributed by atoms with Crippen LogP contribution in [0.5, 0.6) is 17.2 Å². The number of rotatable bonds is 11. The van der Waals surface area contributed by atoms with Crippen molar-refractivity contribution in [3.05, 3.63) is 88.5 Å². The molecule has 0 aliphatic carbocycles. The molecular formula is C32H43N3O3. The highest BCUT2D eigenvalue weighted by molar-refractivity contribution is 5.41. The molecule has 0 saturated carbocycles. The Labute approximate surface area is 228 Å². The van der Waals surface area contributed by atoms with Crippen LogP contribution in [0.3, 0.4) is 0 Å². The molecule has 3 aromatic carbocycles. The molecule has 0 radical (unpaired) electrons. The lowest BCUT2D eigenvalue weighted by Gasteiger charge is -2.35. The van der Waals surface area contributed by atoms with Crippen molar-refractivity contribution < 1.29 is 14.2 Å². The van der Waals surface area contributed by atoms with Gasteiger partial charge in [-0.25, -0.2) is 0 Å². The number of hydrogen-bond donors (Lipinski definition) is 1. The van der Waals surface area contributed by atoms with Gasteiger partial charge < -0.3 is 19.5 Å². The summed E-state index contributed by atoms with van der Waals surface area (Å²) in [7, 11) is 7.25. The monoisotopic (exact) mass is 517 g/mol. The number of hydrogen-bond acceptors (Lipinski definition) is 6. The smallest absolute Gasteiger partial charge is 0.127 e. The largest absolute Gasteiger partial charge is 0.497 e. The zero-order chi connectivity index (χ0) is 27.1. The van der Waals surface area contributed by atoms with E-state index in [4.69, 9.17) is 14.2 Å². The summed E-state index contributed by atoms with van der Waals surface area (Å²) in [5.41, 5.74) is 6.50. The number of methoxy groups -OCH3 is 3. The topological polar surface area (TPSA) is 46.2 Å². The SMILES string of the molecule is COc1ccc(CN(C)Cc2cc(CN3CCN[C@H](c4ccccc4C(C)C)C3)ccc2OC)c(OC)c1. The van der Waals surface area contributed by atoms with Crippen LogP contribution >= 0.6 is 0 Å². The summed E-state index contributed by atoms with van der Waals surface area (Å²) in [6.07, 6.45) is 0. The third-order valence-corrected chi connectivity index (χ3v) is 7.38. The maximum absolute atomic E-state index is 5.74.